The normalized spacial score (nSPS) is 31.8. The summed E-state index contributed by atoms with van der Waals surface area (Å²) in [6.45, 7) is 14.4. The Labute approximate surface area is 118 Å². The molecule has 110 valence electrons. The van der Waals surface area contributed by atoms with E-state index >= 15 is 0 Å². The molecule has 2 fully saturated rings. The molecule has 2 aliphatic rings. The summed E-state index contributed by atoms with van der Waals surface area (Å²) in [4.78, 5) is 17.1. The number of rotatable bonds is 1. The van der Waals surface area contributed by atoms with Crippen LogP contribution in [0.4, 0.5) is 0 Å². The van der Waals surface area contributed by atoms with E-state index in [4.69, 9.17) is 0 Å². The fraction of sp³-hybridized carbons (Fsp3) is 0.938. The smallest absolute Gasteiger partial charge is 0.225 e. The number of nitrogens with zero attached hydrogens (tertiary/aromatic N) is 2. The minimum absolute atomic E-state index is 0.226. The summed E-state index contributed by atoms with van der Waals surface area (Å²) in [6.07, 6.45) is 3.35. The highest BCUT2D eigenvalue weighted by molar-refractivity contribution is 5.79. The number of likely N-dealkylation sites (tertiary alicyclic amines) is 2. The summed E-state index contributed by atoms with van der Waals surface area (Å²) in [6, 6.07) is 0.483. The van der Waals surface area contributed by atoms with Gasteiger partial charge in [-0.15, -0.1) is 0 Å². The Balaban J connectivity index is 1.95. The molecule has 3 heteroatoms. The number of carbonyl (C=O) groups excluding carboxylic acids is 1. The molecule has 0 aromatic rings. The molecule has 0 radical (unpaired) electrons. The molecule has 1 amide bonds. The Kier molecular flexibility index (Phi) is 4.24. The van der Waals surface area contributed by atoms with Crippen LogP contribution in [-0.4, -0.2) is 46.9 Å². The molecule has 0 spiro atoms. The molecule has 2 unspecified atom stereocenters. The second-order valence-electron chi connectivity index (χ2n) is 7.62. The van der Waals surface area contributed by atoms with E-state index in [1.54, 1.807) is 0 Å². The zero-order valence-corrected chi connectivity index (χ0v) is 13.3. The van der Waals surface area contributed by atoms with Gasteiger partial charge in [0.05, 0.1) is 0 Å². The highest BCUT2D eigenvalue weighted by atomic mass is 16.2. The van der Waals surface area contributed by atoms with Crippen molar-refractivity contribution in [3.63, 3.8) is 0 Å². The summed E-state index contributed by atoms with van der Waals surface area (Å²) >= 11 is 0. The van der Waals surface area contributed by atoms with Gasteiger partial charge < -0.3 is 4.90 Å². The van der Waals surface area contributed by atoms with Crippen molar-refractivity contribution < 1.29 is 4.79 Å². The van der Waals surface area contributed by atoms with E-state index in [1.165, 1.54) is 0 Å². The van der Waals surface area contributed by atoms with Gasteiger partial charge in [0.2, 0.25) is 5.91 Å². The lowest BCUT2D eigenvalue weighted by Crippen LogP contribution is -2.55. The minimum atomic E-state index is 0.226. The van der Waals surface area contributed by atoms with Crippen LogP contribution >= 0.6 is 0 Å². The van der Waals surface area contributed by atoms with E-state index in [-0.39, 0.29) is 11.5 Å². The summed E-state index contributed by atoms with van der Waals surface area (Å²) in [5.74, 6) is 1.28. The van der Waals surface area contributed by atoms with Crippen LogP contribution in [0.15, 0.2) is 0 Å². The van der Waals surface area contributed by atoms with E-state index in [9.17, 15) is 4.79 Å². The first-order chi connectivity index (χ1) is 8.79. The third-order valence-corrected chi connectivity index (χ3v) is 4.82. The molecule has 19 heavy (non-hydrogen) atoms. The molecule has 2 atom stereocenters. The van der Waals surface area contributed by atoms with Crippen LogP contribution in [0.5, 0.6) is 0 Å². The van der Waals surface area contributed by atoms with Crippen LogP contribution in [0.2, 0.25) is 0 Å². The summed E-state index contributed by atoms with van der Waals surface area (Å²) < 4.78 is 0. The lowest BCUT2D eigenvalue weighted by Gasteiger charge is -2.46. The molecule has 0 N–H and O–H groups in total. The summed E-state index contributed by atoms with van der Waals surface area (Å²) in [5.41, 5.74) is 0.261. The first-order valence-corrected chi connectivity index (χ1v) is 7.84. The zero-order valence-electron chi connectivity index (χ0n) is 13.3. The number of hydrogen-bond donors (Lipinski definition) is 0. The van der Waals surface area contributed by atoms with Crippen molar-refractivity contribution in [1.29, 1.82) is 0 Å². The molecule has 0 aromatic heterocycles. The topological polar surface area (TPSA) is 23.6 Å². The van der Waals surface area contributed by atoms with Gasteiger partial charge in [0, 0.05) is 37.1 Å². The molecule has 0 aliphatic carbocycles. The predicted octanol–water partition coefficient (Wildman–Crippen LogP) is 2.75. The van der Waals surface area contributed by atoms with Crippen molar-refractivity contribution >= 4 is 5.91 Å². The Hall–Kier alpha value is -0.570. The first-order valence-electron chi connectivity index (χ1n) is 7.84. The van der Waals surface area contributed by atoms with Crippen LogP contribution in [0.3, 0.4) is 0 Å². The maximum absolute atomic E-state index is 12.4. The Morgan fingerprint density at radius 3 is 2.21 bits per heavy atom. The highest BCUT2D eigenvalue weighted by Crippen LogP contribution is 2.29. The van der Waals surface area contributed by atoms with E-state index in [0.29, 0.717) is 17.9 Å². The molecule has 2 aliphatic heterocycles. The largest absolute Gasteiger partial charge is 0.339 e. The van der Waals surface area contributed by atoms with Crippen LogP contribution in [0.1, 0.15) is 53.9 Å². The van der Waals surface area contributed by atoms with Gasteiger partial charge in [-0.05, 0) is 46.0 Å². The molecule has 0 saturated carbocycles. The molecule has 0 bridgehead atoms. The molecular weight excluding hydrogens is 236 g/mol. The maximum atomic E-state index is 12.4. The fourth-order valence-corrected chi connectivity index (χ4v) is 3.67. The van der Waals surface area contributed by atoms with Crippen molar-refractivity contribution in [3.05, 3.63) is 0 Å². The van der Waals surface area contributed by atoms with E-state index in [0.717, 1.165) is 38.9 Å². The van der Waals surface area contributed by atoms with Gasteiger partial charge in [0.15, 0.2) is 0 Å². The van der Waals surface area contributed by atoms with Gasteiger partial charge in [-0.25, -0.2) is 0 Å². The van der Waals surface area contributed by atoms with Crippen LogP contribution in [0, 0.1) is 11.8 Å². The van der Waals surface area contributed by atoms with Crippen molar-refractivity contribution in [2.75, 3.05) is 19.6 Å². The number of amides is 1. The zero-order chi connectivity index (χ0) is 14.2. The summed E-state index contributed by atoms with van der Waals surface area (Å²) in [7, 11) is 0. The number of carbonyl (C=O) groups is 1. The quantitative estimate of drug-likeness (QED) is 0.728. The van der Waals surface area contributed by atoms with Gasteiger partial charge in [0.1, 0.15) is 0 Å². The van der Waals surface area contributed by atoms with Crippen LogP contribution < -0.4 is 0 Å². The van der Waals surface area contributed by atoms with Gasteiger partial charge in [-0.1, -0.05) is 13.8 Å². The standard InChI is InChI=1S/C16H30N2O/c1-12-10-13(2)15(19)18(11-12)14-6-8-17(9-7-14)16(3,4)5/h12-14H,6-11H2,1-5H3. The van der Waals surface area contributed by atoms with Crippen molar-refractivity contribution in [1.82, 2.24) is 9.80 Å². The third kappa shape index (κ3) is 3.31. The van der Waals surface area contributed by atoms with Crippen LogP contribution in [-0.2, 0) is 4.79 Å². The van der Waals surface area contributed by atoms with Crippen molar-refractivity contribution in [3.8, 4) is 0 Å². The van der Waals surface area contributed by atoms with E-state index < -0.39 is 0 Å². The van der Waals surface area contributed by atoms with E-state index in [1.807, 2.05) is 0 Å². The Morgan fingerprint density at radius 1 is 1.11 bits per heavy atom. The second kappa shape index (κ2) is 5.43. The Morgan fingerprint density at radius 2 is 1.68 bits per heavy atom. The average molecular weight is 266 g/mol. The molecule has 2 saturated heterocycles. The maximum Gasteiger partial charge on any atom is 0.225 e. The number of hydrogen-bond acceptors (Lipinski definition) is 2. The fourth-order valence-electron chi connectivity index (χ4n) is 3.67. The number of piperidine rings is 2. The van der Waals surface area contributed by atoms with Crippen molar-refractivity contribution in [2.24, 2.45) is 11.8 Å². The van der Waals surface area contributed by atoms with Gasteiger partial charge >= 0.3 is 0 Å². The third-order valence-electron chi connectivity index (χ3n) is 4.82. The molecule has 0 aromatic carbocycles. The van der Waals surface area contributed by atoms with E-state index in [2.05, 4.69) is 44.4 Å². The summed E-state index contributed by atoms with van der Waals surface area (Å²) in [5, 5.41) is 0. The average Bonchev–Trinajstić information content (AvgIpc) is 2.33. The van der Waals surface area contributed by atoms with Gasteiger partial charge in [-0.2, -0.15) is 0 Å². The lowest BCUT2D eigenvalue weighted by atomic mass is 9.88. The SMILES string of the molecule is CC1CC(C)C(=O)N(C2CCN(C(C)(C)C)CC2)C1. The Bertz CT molecular complexity index is 326. The molecule has 2 heterocycles. The highest BCUT2D eigenvalue weighted by Gasteiger charge is 2.36. The lowest BCUT2D eigenvalue weighted by molar-refractivity contribution is -0.143. The molecule has 2 rings (SSSR count). The van der Waals surface area contributed by atoms with Crippen molar-refractivity contribution in [2.45, 2.75) is 65.5 Å². The molecular formula is C16H30N2O. The minimum Gasteiger partial charge on any atom is -0.339 e. The molecule has 3 nitrogen and oxygen atoms in total. The van der Waals surface area contributed by atoms with Gasteiger partial charge in [0.25, 0.3) is 0 Å². The van der Waals surface area contributed by atoms with Crippen LogP contribution in [0.25, 0.3) is 0 Å². The monoisotopic (exact) mass is 266 g/mol. The van der Waals surface area contributed by atoms with Gasteiger partial charge in [-0.3, -0.25) is 9.69 Å². The second-order valence-corrected chi connectivity index (χ2v) is 7.62. The predicted molar refractivity (Wildman–Crippen MR) is 79.0 cm³/mol. The first kappa shape index (κ1) is 14.8.